The van der Waals surface area contributed by atoms with Crippen LogP contribution in [0.25, 0.3) is 11.0 Å². The lowest BCUT2D eigenvalue weighted by Crippen LogP contribution is -2.54. The van der Waals surface area contributed by atoms with Crippen molar-refractivity contribution in [3.8, 4) is 11.8 Å². The van der Waals surface area contributed by atoms with Crippen molar-refractivity contribution in [2.24, 2.45) is 11.8 Å². The van der Waals surface area contributed by atoms with Gasteiger partial charge < -0.3 is 40.2 Å². The Morgan fingerprint density at radius 2 is 1.45 bits per heavy atom. The topological polar surface area (TPSA) is 188 Å². The summed E-state index contributed by atoms with van der Waals surface area (Å²) in [5, 5.41) is 8.19. The van der Waals surface area contributed by atoms with Crippen LogP contribution in [0.5, 0.6) is 0 Å². The predicted molar refractivity (Wildman–Crippen MR) is 195 cm³/mol. The first-order valence-corrected chi connectivity index (χ1v) is 18.0. The smallest absolute Gasteiger partial charge is 0.407 e. The van der Waals surface area contributed by atoms with Crippen LogP contribution < -0.4 is 16.0 Å². The quantitative estimate of drug-likeness (QED) is 0.227. The van der Waals surface area contributed by atoms with Crippen molar-refractivity contribution in [2.75, 3.05) is 33.9 Å². The third-order valence-electron chi connectivity index (χ3n) is 9.64. The second kappa shape index (κ2) is 17.2. The summed E-state index contributed by atoms with van der Waals surface area (Å²) in [5.41, 5.74) is 3.13. The minimum atomic E-state index is -0.727. The predicted octanol–water partition coefficient (Wildman–Crippen LogP) is 3.50. The molecule has 15 nitrogen and oxygen atoms in total. The molecule has 53 heavy (non-hydrogen) atoms. The van der Waals surface area contributed by atoms with Gasteiger partial charge in [0, 0.05) is 43.0 Å². The van der Waals surface area contributed by atoms with Crippen LogP contribution >= 0.6 is 0 Å². The van der Waals surface area contributed by atoms with Crippen molar-refractivity contribution in [2.45, 2.75) is 77.5 Å². The van der Waals surface area contributed by atoms with Crippen molar-refractivity contribution in [3.05, 3.63) is 59.2 Å². The summed E-state index contributed by atoms with van der Waals surface area (Å²) in [4.78, 5) is 79.4. The Labute approximate surface area is 308 Å². The molecular formula is C38H48N8O7. The Morgan fingerprint density at radius 3 is 2.08 bits per heavy atom. The van der Waals surface area contributed by atoms with Gasteiger partial charge in [0.2, 0.25) is 11.8 Å². The fourth-order valence-electron chi connectivity index (χ4n) is 6.72. The SMILES string of the molecule is COC(=O)N[C@H](C(=O)N1CCC[C@H]1CNC(=O)c1ccc(C#Cc2ccc3nc([C@@H]4CCCN4C(=O)[C@@H](NC(=O)OC)C(C)C)[nH]c3c2)cn1)C(C)C. The number of rotatable bonds is 10. The molecule has 4 N–H and O–H groups in total. The van der Waals surface area contributed by atoms with E-state index in [9.17, 15) is 24.0 Å². The molecule has 15 heteroatoms. The van der Waals surface area contributed by atoms with Gasteiger partial charge in [0.25, 0.3) is 5.91 Å². The van der Waals surface area contributed by atoms with Gasteiger partial charge in [-0.3, -0.25) is 14.4 Å². The summed E-state index contributed by atoms with van der Waals surface area (Å²) in [6.45, 7) is 8.83. The highest BCUT2D eigenvalue weighted by molar-refractivity contribution is 5.92. The number of H-pyrrole nitrogens is 1. The number of ether oxygens (including phenoxy) is 2. The molecule has 4 atom stereocenters. The maximum Gasteiger partial charge on any atom is 0.407 e. The molecule has 5 rings (SSSR count). The minimum Gasteiger partial charge on any atom is -0.453 e. The zero-order valence-corrected chi connectivity index (χ0v) is 31.0. The van der Waals surface area contributed by atoms with E-state index in [2.05, 4.69) is 42.5 Å². The lowest BCUT2D eigenvalue weighted by molar-refractivity contribution is -0.136. The van der Waals surface area contributed by atoms with Crippen molar-refractivity contribution in [1.29, 1.82) is 0 Å². The van der Waals surface area contributed by atoms with Gasteiger partial charge in [0.1, 0.15) is 23.6 Å². The fourth-order valence-corrected chi connectivity index (χ4v) is 6.72. The molecule has 0 bridgehead atoms. The Morgan fingerprint density at radius 1 is 0.849 bits per heavy atom. The molecule has 2 aromatic heterocycles. The summed E-state index contributed by atoms with van der Waals surface area (Å²) < 4.78 is 9.42. The second-order valence-electron chi connectivity index (χ2n) is 14.0. The van der Waals surface area contributed by atoms with Gasteiger partial charge in [-0.15, -0.1) is 0 Å². The molecule has 1 aromatic carbocycles. The summed E-state index contributed by atoms with van der Waals surface area (Å²) in [5.74, 6) is 5.91. The number of methoxy groups -OCH3 is 2. The number of aromatic nitrogens is 3. The van der Waals surface area contributed by atoms with Gasteiger partial charge in [0.15, 0.2) is 0 Å². The number of pyridine rings is 1. The molecule has 2 aliphatic heterocycles. The van der Waals surface area contributed by atoms with Crippen molar-refractivity contribution >= 4 is 40.9 Å². The molecule has 5 amide bonds. The van der Waals surface area contributed by atoms with Gasteiger partial charge in [-0.2, -0.15) is 0 Å². The van der Waals surface area contributed by atoms with E-state index in [1.807, 2.05) is 45.9 Å². The molecule has 3 aromatic rings. The van der Waals surface area contributed by atoms with E-state index in [4.69, 9.17) is 9.72 Å². The van der Waals surface area contributed by atoms with Crippen molar-refractivity contribution < 1.29 is 33.4 Å². The molecule has 2 saturated heterocycles. The van der Waals surface area contributed by atoms with Gasteiger partial charge >= 0.3 is 12.2 Å². The van der Waals surface area contributed by atoms with Crippen LogP contribution in [-0.4, -0.2) is 107 Å². The Hall–Kier alpha value is -5.65. The first-order chi connectivity index (χ1) is 25.4. The minimum absolute atomic E-state index is 0.127. The number of hydrogen-bond acceptors (Lipinski definition) is 9. The number of amides is 5. The molecule has 0 aliphatic carbocycles. The number of nitrogens with one attached hydrogen (secondary N) is 4. The standard InChI is InChI=1S/C38H48N8O7/c1-22(2)31(43-37(50)52-5)35(48)45-17-7-9-26(45)21-40-34(47)28-16-14-25(20-39-28)12-11-24-13-15-27-29(19-24)42-33(41-27)30-10-8-18-46(30)36(49)32(23(3)4)44-38(51)53-6/h13-16,19-20,22-23,26,30-32H,7-10,17-18,21H2,1-6H3,(H,40,47)(H,41,42)(H,43,50)(H,44,51)/t26-,30-,31-,32-/m0/s1. The van der Waals surface area contributed by atoms with E-state index in [1.54, 1.807) is 21.9 Å². The van der Waals surface area contributed by atoms with Gasteiger partial charge in [-0.25, -0.2) is 19.6 Å². The third kappa shape index (κ3) is 9.24. The lowest BCUT2D eigenvalue weighted by Gasteiger charge is -2.30. The monoisotopic (exact) mass is 728 g/mol. The highest BCUT2D eigenvalue weighted by Crippen LogP contribution is 2.33. The van der Waals surface area contributed by atoms with Crippen LogP contribution in [0.1, 0.15) is 86.9 Å². The third-order valence-corrected chi connectivity index (χ3v) is 9.64. The van der Waals surface area contributed by atoms with E-state index >= 15 is 0 Å². The molecule has 282 valence electrons. The highest BCUT2D eigenvalue weighted by Gasteiger charge is 2.38. The summed E-state index contributed by atoms with van der Waals surface area (Å²) in [6, 6.07) is 7.08. The average Bonchev–Trinajstić information content (AvgIpc) is 3.93. The number of nitrogens with zero attached hydrogens (tertiary/aromatic N) is 4. The molecule has 0 unspecified atom stereocenters. The van der Waals surface area contributed by atoms with E-state index in [0.717, 1.165) is 42.3 Å². The molecular weight excluding hydrogens is 680 g/mol. The summed E-state index contributed by atoms with van der Waals surface area (Å²) in [7, 11) is 2.53. The summed E-state index contributed by atoms with van der Waals surface area (Å²) >= 11 is 0. The maximum atomic E-state index is 13.5. The highest BCUT2D eigenvalue weighted by atomic mass is 16.5. The van der Waals surface area contributed by atoms with Crippen LogP contribution in [0.4, 0.5) is 9.59 Å². The van der Waals surface area contributed by atoms with Crippen molar-refractivity contribution in [1.82, 2.24) is 40.7 Å². The molecule has 2 fully saturated rings. The number of alkyl carbamates (subject to hydrolysis) is 2. The van der Waals surface area contributed by atoms with E-state index in [-0.39, 0.29) is 53.9 Å². The maximum absolute atomic E-state index is 13.5. The number of likely N-dealkylation sites (tertiary alicyclic amines) is 2. The number of fused-ring (bicyclic) bond motifs is 1. The Kier molecular flexibility index (Phi) is 12.6. The number of hydrogen-bond donors (Lipinski definition) is 4. The van der Waals surface area contributed by atoms with Crippen LogP contribution in [-0.2, 0) is 19.1 Å². The van der Waals surface area contributed by atoms with E-state index in [1.165, 1.54) is 20.4 Å². The Balaban J connectivity index is 1.19. The molecule has 0 radical (unpaired) electrons. The number of carbonyl (C=O) groups excluding carboxylic acids is 5. The molecule has 2 aliphatic rings. The zero-order chi connectivity index (χ0) is 38.2. The van der Waals surface area contributed by atoms with Crippen molar-refractivity contribution in [3.63, 3.8) is 0 Å². The van der Waals surface area contributed by atoms with E-state index < -0.39 is 24.3 Å². The first kappa shape index (κ1) is 38.6. The zero-order valence-electron chi connectivity index (χ0n) is 31.0. The van der Waals surface area contributed by atoms with Crippen LogP contribution in [0.2, 0.25) is 0 Å². The van der Waals surface area contributed by atoms with Crippen LogP contribution in [0, 0.1) is 23.7 Å². The fraction of sp³-hybridized carbons (Fsp3) is 0.500. The van der Waals surface area contributed by atoms with Crippen LogP contribution in [0.3, 0.4) is 0 Å². The Bertz CT molecular complexity index is 1880. The number of aromatic amines is 1. The molecule has 0 spiro atoms. The average molecular weight is 729 g/mol. The van der Waals surface area contributed by atoms with Crippen LogP contribution in [0.15, 0.2) is 36.5 Å². The van der Waals surface area contributed by atoms with E-state index in [0.29, 0.717) is 24.5 Å². The second-order valence-corrected chi connectivity index (χ2v) is 14.0. The largest absolute Gasteiger partial charge is 0.453 e. The van der Waals surface area contributed by atoms with Gasteiger partial charge in [0.05, 0.1) is 31.3 Å². The number of carbonyl (C=O) groups is 5. The van der Waals surface area contributed by atoms with Gasteiger partial charge in [-0.05, 0) is 67.9 Å². The lowest BCUT2D eigenvalue weighted by atomic mass is 10.0. The first-order valence-electron chi connectivity index (χ1n) is 18.0. The molecule has 0 saturated carbocycles. The normalized spacial score (nSPS) is 18.0. The van der Waals surface area contributed by atoms with Gasteiger partial charge in [-0.1, -0.05) is 39.5 Å². The number of imidazole rings is 1. The molecule has 4 heterocycles. The summed E-state index contributed by atoms with van der Waals surface area (Å²) in [6.07, 6.45) is 3.32. The number of benzene rings is 1.